The number of imide groups is 1. The van der Waals surface area contributed by atoms with E-state index in [1.54, 1.807) is 12.1 Å². The van der Waals surface area contributed by atoms with E-state index in [2.05, 4.69) is 0 Å². The summed E-state index contributed by atoms with van der Waals surface area (Å²) in [5.74, 6) is -2.47. The summed E-state index contributed by atoms with van der Waals surface area (Å²) in [5, 5.41) is 0. The lowest BCUT2D eigenvalue weighted by Gasteiger charge is -2.30. The zero-order chi connectivity index (χ0) is 21.7. The Hall–Kier alpha value is -3.81. The van der Waals surface area contributed by atoms with Crippen molar-refractivity contribution < 1.29 is 27.6 Å². The third kappa shape index (κ3) is 3.11. The molecule has 3 aromatic rings. The van der Waals surface area contributed by atoms with Crippen molar-refractivity contribution in [3.63, 3.8) is 0 Å². The van der Waals surface area contributed by atoms with Gasteiger partial charge in [-0.1, -0.05) is 0 Å². The number of anilines is 1. The fraction of sp³-hybridized carbons (Fsp3) is 0.174. The smallest absolute Gasteiger partial charge is 0.261 e. The molecular weight excluding hydrogens is 406 g/mol. The van der Waals surface area contributed by atoms with E-state index in [1.807, 2.05) is 0 Å². The molecule has 2 aromatic carbocycles. The summed E-state index contributed by atoms with van der Waals surface area (Å²) >= 11 is 0. The lowest BCUT2D eigenvalue weighted by molar-refractivity contribution is 0.0631. The zero-order valence-corrected chi connectivity index (χ0v) is 16.2. The molecule has 0 bridgehead atoms. The molecule has 0 atom stereocenters. The van der Waals surface area contributed by atoms with Crippen LogP contribution in [0.1, 0.15) is 48.8 Å². The fourth-order valence-corrected chi connectivity index (χ4v) is 4.11. The van der Waals surface area contributed by atoms with Gasteiger partial charge in [0, 0.05) is 23.7 Å². The molecule has 2 aliphatic heterocycles. The van der Waals surface area contributed by atoms with Crippen molar-refractivity contribution in [2.45, 2.75) is 19.4 Å². The van der Waals surface area contributed by atoms with Crippen LogP contribution in [0.25, 0.3) is 0 Å². The highest BCUT2D eigenvalue weighted by molar-refractivity contribution is 6.22. The predicted molar refractivity (Wildman–Crippen MR) is 106 cm³/mol. The molecule has 1 aromatic heterocycles. The molecule has 3 heterocycles. The van der Waals surface area contributed by atoms with Gasteiger partial charge in [-0.15, -0.1) is 0 Å². The second-order valence-electron chi connectivity index (χ2n) is 7.48. The minimum absolute atomic E-state index is 0.0132. The normalized spacial score (nSPS) is 15.3. The van der Waals surface area contributed by atoms with E-state index in [0.29, 0.717) is 25.1 Å². The maximum Gasteiger partial charge on any atom is 0.261 e. The lowest BCUT2D eigenvalue weighted by atomic mass is 9.99. The van der Waals surface area contributed by atoms with Crippen molar-refractivity contribution in [2.24, 2.45) is 0 Å². The molecular formula is C23H16F2N2O4. The van der Waals surface area contributed by atoms with Crippen molar-refractivity contribution in [3.05, 3.63) is 88.4 Å². The summed E-state index contributed by atoms with van der Waals surface area (Å²) in [6.07, 6.45) is 2.39. The average molecular weight is 422 g/mol. The van der Waals surface area contributed by atoms with Crippen molar-refractivity contribution in [1.29, 1.82) is 0 Å². The van der Waals surface area contributed by atoms with Crippen LogP contribution in [-0.4, -0.2) is 29.2 Å². The second kappa shape index (κ2) is 7.16. The molecule has 0 spiro atoms. The zero-order valence-electron chi connectivity index (χ0n) is 16.2. The summed E-state index contributed by atoms with van der Waals surface area (Å²) in [7, 11) is 0. The van der Waals surface area contributed by atoms with Crippen LogP contribution in [0.15, 0.2) is 53.1 Å². The summed E-state index contributed by atoms with van der Waals surface area (Å²) < 4.78 is 33.2. The Morgan fingerprint density at radius 1 is 1.03 bits per heavy atom. The van der Waals surface area contributed by atoms with Gasteiger partial charge in [-0.05, 0) is 49.2 Å². The van der Waals surface area contributed by atoms with Gasteiger partial charge in [0.1, 0.15) is 17.4 Å². The molecule has 0 saturated heterocycles. The maximum absolute atomic E-state index is 14.2. The van der Waals surface area contributed by atoms with Gasteiger partial charge in [-0.3, -0.25) is 19.3 Å². The number of halogens is 2. The van der Waals surface area contributed by atoms with Crippen LogP contribution in [0.2, 0.25) is 0 Å². The number of carbonyl (C=O) groups is 3. The first-order valence-corrected chi connectivity index (χ1v) is 9.76. The first-order valence-electron chi connectivity index (χ1n) is 9.76. The molecule has 0 aliphatic carbocycles. The maximum atomic E-state index is 14.2. The minimum Gasteiger partial charge on any atom is -0.467 e. The van der Waals surface area contributed by atoms with Gasteiger partial charge in [0.25, 0.3) is 17.7 Å². The molecule has 8 heteroatoms. The molecule has 3 amide bonds. The average Bonchev–Trinajstić information content (AvgIpc) is 3.36. The fourth-order valence-electron chi connectivity index (χ4n) is 4.11. The minimum atomic E-state index is -0.765. The topological polar surface area (TPSA) is 70.8 Å². The van der Waals surface area contributed by atoms with Gasteiger partial charge < -0.3 is 9.32 Å². The van der Waals surface area contributed by atoms with Crippen LogP contribution in [-0.2, 0) is 13.0 Å². The van der Waals surface area contributed by atoms with E-state index in [-0.39, 0.29) is 34.5 Å². The van der Waals surface area contributed by atoms with Gasteiger partial charge >= 0.3 is 0 Å². The van der Waals surface area contributed by atoms with Crippen LogP contribution in [0.4, 0.5) is 14.5 Å². The molecule has 0 N–H and O–H groups in total. The highest BCUT2D eigenvalue weighted by atomic mass is 19.1. The van der Waals surface area contributed by atoms with Crippen molar-refractivity contribution in [2.75, 3.05) is 11.4 Å². The molecule has 5 rings (SSSR count). The molecule has 0 fully saturated rings. The highest BCUT2D eigenvalue weighted by Crippen LogP contribution is 2.32. The van der Waals surface area contributed by atoms with Gasteiger partial charge in [-0.2, -0.15) is 0 Å². The summed E-state index contributed by atoms with van der Waals surface area (Å²) in [6, 6.07) is 9.51. The standard InChI is InChI=1S/C23H16F2N2O4/c24-14-10-19(25)17-4-1-7-26(20(17)11-14)21(28)13-5-6-16-18(9-13)23(30)27(22(16)29)12-15-3-2-8-31-15/h2-3,5-6,8-11H,1,4,7,12H2. The van der Waals surface area contributed by atoms with E-state index in [0.717, 1.165) is 17.0 Å². The quantitative estimate of drug-likeness (QED) is 0.600. The number of benzene rings is 2. The third-order valence-corrected chi connectivity index (χ3v) is 5.59. The Balaban J connectivity index is 1.47. The molecule has 0 unspecified atom stereocenters. The summed E-state index contributed by atoms with van der Waals surface area (Å²) in [5.41, 5.74) is 0.959. The summed E-state index contributed by atoms with van der Waals surface area (Å²) in [6.45, 7) is 0.282. The largest absolute Gasteiger partial charge is 0.467 e. The third-order valence-electron chi connectivity index (χ3n) is 5.59. The van der Waals surface area contributed by atoms with E-state index < -0.39 is 29.4 Å². The molecule has 0 saturated carbocycles. The number of carbonyl (C=O) groups excluding carboxylic acids is 3. The Kier molecular flexibility index (Phi) is 4.43. The first-order chi connectivity index (χ1) is 14.9. The predicted octanol–water partition coefficient (Wildman–Crippen LogP) is 3.95. The second-order valence-corrected chi connectivity index (χ2v) is 7.48. The molecule has 0 radical (unpaired) electrons. The molecule has 2 aliphatic rings. The number of nitrogens with zero attached hydrogens (tertiary/aromatic N) is 2. The number of amides is 3. The number of hydrogen-bond donors (Lipinski definition) is 0. The molecule has 31 heavy (non-hydrogen) atoms. The van der Waals surface area contributed by atoms with Crippen LogP contribution in [0.5, 0.6) is 0 Å². The van der Waals surface area contributed by atoms with Crippen LogP contribution in [0.3, 0.4) is 0 Å². The Morgan fingerprint density at radius 3 is 2.61 bits per heavy atom. The number of rotatable bonds is 3. The van der Waals surface area contributed by atoms with Crippen LogP contribution < -0.4 is 4.90 Å². The van der Waals surface area contributed by atoms with Crippen molar-refractivity contribution in [1.82, 2.24) is 4.90 Å². The Bertz CT molecular complexity index is 1240. The van der Waals surface area contributed by atoms with Gasteiger partial charge in [0.15, 0.2) is 0 Å². The van der Waals surface area contributed by atoms with Gasteiger partial charge in [0.05, 0.1) is 29.6 Å². The summed E-state index contributed by atoms with van der Waals surface area (Å²) in [4.78, 5) is 41.0. The molecule has 156 valence electrons. The van der Waals surface area contributed by atoms with Gasteiger partial charge in [-0.25, -0.2) is 8.78 Å². The SMILES string of the molecule is O=C1c2ccc(C(=O)N3CCCc4c(F)cc(F)cc43)cc2C(=O)N1Cc1ccco1. The van der Waals surface area contributed by atoms with E-state index in [9.17, 15) is 23.2 Å². The Labute approximate surface area is 175 Å². The van der Waals surface area contributed by atoms with Crippen LogP contribution in [0, 0.1) is 11.6 Å². The lowest BCUT2D eigenvalue weighted by Crippen LogP contribution is -2.36. The number of furan rings is 1. The van der Waals surface area contributed by atoms with Crippen molar-refractivity contribution >= 4 is 23.4 Å². The Morgan fingerprint density at radius 2 is 1.84 bits per heavy atom. The molecule has 6 nitrogen and oxygen atoms in total. The van der Waals surface area contributed by atoms with E-state index in [1.165, 1.54) is 29.4 Å². The highest BCUT2D eigenvalue weighted by Gasteiger charge is 2.37. The van der Waals surface area contributed by atoms with Crippen molar-refractivity contribution in [3.8, 4) is 0 Å². The number of hydrogen-bond acceptors (Lipinski definition) is 4. The van der Waals surface area contributed by atoms with Crippen LogP contribution >= 0.6 is 0 Å². The van der Waals surface area contributed by atoms with Gasteiger partial charge in [0.2, 0.25) is 0 Å². The van der Waals surface area contributed by atoms with E-state index >= 15 is 0 Å². The monoisotopic (exact) mass is 422 g/mol. The van der Waals surface area contributed by atoms with E-state index in [4.69, 9.17) is 4.42 Å². The number of fused-ring (bicyclic) bond motifs is 2. The first kappa shape index (κ1) is 19.2.